The molecule has 0 saturated heterocycles. The van der Waals surface area contributed by atoms with Gasteiger partial charge in [-0.05, 0) is 29.7 Å². The molecule has 0 aliphatic carbocycles. The van der Waals surface area contributed by atoms with Crippen LogP contribution in [0.2, 0.25) is 0 Å². The fourth-order valence-corrected chi connectivity index (χ4v) is 3.09. The topological polar surface area (TPSA) is 63.2 Å². The van der Waals surface area contributed by atoms with E-state index in [0.717, 1.165) is 11.8 Å². The lowest BCUT2D eigenvalue weighted by Crippen LogP contribution is -2.29. The molecule has 0 radical (unpaired) electrons. The highest BCUT2D eigenvalue weighted by Gasteiger charge is 2.17. The molecule has 1 amide bonds. The average Bonchev–Trinajstić information content (AvgIpc) is 2.52. The van der Waals surface area contributed by atoms with E-state index in [0.29, 0.717) is 5.56 Å². The molecule has 24 heavy (non-hydrogen) atoms. The summed E-state index contributed by atoms with van der Waals surface area (Å²) in [5.41, 5.74) is 1.47. The lowest BCUT2D eigenvalue weighted by atomic mass is 9.98. The van der Waals surface area contributed by atoms with Crippen molar-refractivity contribution in [1.82, 2.24) is 5.32 Å². The Morgan fingerprint density at radius 1 is 1.08 bits per heavy atom. The van der Waals surface area contributed by atoms with Crippen molar-refractivity contribution in [2.75, 3.05) is 12.0 Å². The van der Waals surface area contributed by atoms with Crippen LogP contribution in [0.5, 0.6) is 0 Å². The van der Waals surface area contributed by atoms with Crippen LogP contribution in [-0.2, 0) is 14.6 Å². The predicted octanol–water partition coefficient (Wildman–Crippen LogP) is 2.86. The van der Waals surface area contributed by atoms with Crippen LogP contribution in [-0.4, -0.2) is 26.3 Å². The van der Waals surface area contributed by atoms with Crippen molar-refractivity contribution in [1.29, 1.82) is 0 Å². The minimum absolute atomic E-state index is 0.0314. The molecule has 4 nitrogen and oxygen atoms in total. The first kappa shape index (κ1) is 18.1. The van der Waals surface area contributed by atoms with Crippen LogP contribution >= 0.6 is 0 Å². The van der Waals surface area contributed by atoms with E-state index in [2.05, 4.69) is 5.32 Å². The summed E-state index contributed by atoms with van der Waals surface area (Å²) in [7, 11) is -3.09. The molecule has 0 bridgehead atoms. The number of amides is 1. The second kappa shape index (κ2) is 8.06. The highest BCUT2D eigenvalue weighted by Crippen LogP contribution is 2.22. The van der Waals surface area contributed by atoms with Gasteiger partial charge in [0, 0.05) is 12.7 Å². The standard InChI is InChI=1S/C18H20FNO3S/c1-24(22,23)12-6-11-17(21)20-18(14-7-3-2-4-8-14)15-9-5-10-16(19)13-15/h2-5,7-10,13,18H,6,11-12H2,1H3,(H,20,21). The van der Waals surface area contributed by atoms with Crippen molar-refractivity contribution in [2.45, 2.75) is 18.9 Å². The predicted molar refractivity (Wildman–Crippen MR) is 91.8 cm³/mol. The number of hydrogen-bond acceptors (Lipinski definition) is 3. The number of benzene rings is 2. The van der Waals surface area contributed by atoms with Crippen molar-refractivity contribution < 1.29 is 17.6 Å². The number of hydrogen-bond donors (Lipinski definition) is 1. The lowest BCUT2D eigenvalue weighted by molar-refractivity contribution is -0.121. The Labute approximate surface area is 141 Å². The van der Waals surface area contributed by atoms with Gasteiger partial charge in [-0.25, -0.2) is 12.8 Å². The molecule has 1 atom stereocenters. The molecular formula is C18H20FNO3S. The van der Waals surface area contributed by atoms with Crippen molar-refractivity contribution in [3.8, 4) is 0 Å². The highest BCUT2D eigenvalue weighted by molar-refractivity contribution is 7.90. The van der Waals surface area contributed by atoms with E-state index >= 15 is 0 Å². The SMILES string of the molecule is CS(=O)(=O)CCCC(=O)NC(c1ccccc1)c1cccc(F)c1. The van der Waals surface area contributed by atoms with Crippen LogP contribution in [0.1, 0.15) is 30.0 Å². The van der Waals surface area contributed by atoms with Crippen LogP contribution in [0.15, 0.2) is 54.6 Å². The number of rotatable bonds is 7. The molecule has 0 heterocycles. The Balaban J connectivity index is 2.14. The normalized spacial score (nSPS) is 12.6. The number of halogens is 1. The molecule has 1 N–H and O–H groups in total. The van der Waals surface area contributed by atoms with Crippen LogP contribution in [0.4, 0.5) is 4.39 Å². The van der Waals surface area contributed by atoms with E-state index in [4.69, 9.17) is 0 Å². The molecule has 0 aliphatic rings. The van der Waals surface area contributed by atoms with Gasteiger partial charge in [0.25, 0.3) is 0 Å². The molecule has 6 heteroatoms. The van der Waals surface area contributed by atoms with Gasteiger partial charge >= 0.3 is 0 Å². The number of carbonyl (C=O) groups excluding carboxylic acids is 1. The van der Waals surface area contributed by atoms with Gasteiger partial charge in [0.15, 0.2) is 0 Å². The zero-order valence-electron chi connectivity index (χ0n) is 13.4. The molecule has 2 aromatic rings. The van der Waals surface area contributed by atoms with Gasteiger partial charge in [0.1, 0.15) is 15.7 Å². The maximum Gasteiger partial charge on any atom is 0.220 e. The van der Waals surface area contributed by atoms with Crippen molar-refractivity contribution in [3.05, 3.63) is 71.5 Å². The summed E-state index contributed by atoms with van der Waals surface area (Å²) in [6, 6.07) is 14.8. The summed E-state index contributed by atoms with van der Waals surface area (Å²) in [5.74, 6) is -0.673. The van der Waals surface area contributed by atoms with Crippen LogP contribution < -0.4 is 5.32 Å². The van der Waals surface area contributed by atoms with Crippen LogP contribution in [0, 0.1) is 5.82 Å². The molecule has 1 unspecified atom stereocenters. The maximum atomic E-state index is 13.5. The second-order valence-corrected chi connectivity index (χ2v) is 7.96. The minimum atomic E-state index is -3.09. The summed E-state index contributed by atoms with van der Waals surface area (Å²) in [6.07, 6.45) is 1.51. The van der Waals surface area contributed by atoms with Crippen LogP contribution in [0.25, 0.3) is 0 Å². The van der Waals surface area contributed by atoms with Gasteiger partial charge in [-0.3, -0.25) is 4.79 Å². The Morgan fingerprint density at radius 3 is 2.38 bits per heavy atom. The molecule has 0 spiro atoms. The van der Waals surface area contributed by atoms with Gasteiger partial charge in [0.2, 0.25) is 5.91 Å². The summed E-state index contributed by atoms with van der Waals surface area (Å²) in [4.78, 5) is 12.2. The Morgan fingerprint density at radius 2 is 1.75 bits per heavy atom. The third-order valence-electron chi connectivity index (χ3n) is 3.54. The summed E-state index contributed by atoms with van der Waals surface area (Å²) in [6.45, 7) is 0. The average molecular weight is 349 g/mol. The fraction of sp³-hybridized carbons (Fsp3) is 0.278. The molecule has 2 rings (SSSR count). The molecule has 0 fully saturated rings. The minimum Gasteiger partial charge on any atom is -0.345 e. The molecule has 0 saturated carbocycles. The first-order valence-electron chi connectivity index (χ1n) is 7.62. The third kappa shape index (κ3) is 5.77. The maximum absolute atomic E-state index is 13.5. The second-order valence-electron chi connectivity index (χ2n) is 5.70. The van der Waals surface area contributed by atoms with E-state index in [9.17, 15) is 17.6 Å². The largest absolute Gasteiger partial charge is 0.345 e. The number of nitrogens with one attached hydrogen (secondary N) is 1. The Hall–Kier alpha value is -2.21. The Kier molecular flexibility index (Phi) is 6.09. The quantitative estimate of drug-likeness (QED) is 0.836. The Bertz CT molecular complexity index is 791. The first-order valence-corrected chi connectivity index (χ1v) is 9.69. The zero-order chi connectivity index (χ0) is 17.6. The monoisotopic (exact) mass is 349 g/mol. The fourth-order valence-electron chi connectivity index (χ4n) is 2.42. The molecular weight excluding hydrogens is 329 g/mol. The summed E-state index contributed by atoms with van der Waals surface area (Å²) < 4.78 is 35.8. The number of carbonyl (C=O) groups is 1. The van der Waals surface area contributed by atoms with Crippen molar-refractivity contribution >= 4 is 15.7 Å². The van der Waals surface area contributed by atoms with E-state index in [1.165, 1.54) is 12.1 Å². The highest BCUT2D eigenvalue weighted by atomic mass is 32.2. The molecule has 0 aromatic heterocycles. The summed E-state index contributed by atoms with van der Waals surface area (Å²) >= 11 is 0. The third-order valence-corrected chi connectivity index (χ3v) is 4.57. The van der Waals surface area contributed by atoms with Crippen LogP contribution in [0.3, 0.4) is 0 Å². The zero-order valence-corrected chi connectivity index (χ0v) is 14.2. The number of sulfone groups is 1. The van der Waals surface area contributed by atoms with E-state index in [1.54, 1.807) is 12.1 Å². The van der Waals surface area contributed by atoms with E-state index in [1.807, 2.05) is 30.3 Å². The van der Waals surface area contributed by atoms with Crippen molar-refractivity contribution in [3.63, 3.8) is 0 Å². The van der Waals surface area contributed by atoms with E-state index < -0.39 is 15.9 Å². The van der Waals surface area contributed by atoms with Gasteiger partial charge in [-0.15, -0.1) is 0 Å². The van der Waals surface area contributed by atoms with Gasteiger partial charge in [-0.2, -0.15) is 0 Å². The van der Waals surface area contributed by atoms with Gasteiger partial charge in [0.05, 0.1) is 11.8 Å². The molecule has 128 valence electrons. The molecule has 0 aliphatic heterocycles. The van der Waals surface area contributed by atoms with Crippen molar-refractivity contribution in [2.24, 2.45) is 0 Å². The first-order chi connectivity index (χ1) is 11.3. The summed E-state index contributed by atoms with van der Waals surface area (Å²) in [5, 5.41) is 2.86. The smallest absolute Gasteiger partial charge is 0.220 e. The van der Waals surface area contributed by atoms with Gasteiger partial charge < -0.3 is 5.32 Å². The van der Waals surface area contributed by atoms with Gasteiger partial charge in [-0.1, -0.05) is 42.5 Å². The van der Waals surface area contributed by atoms with E-state index in [-0.39, 0.29) is 30.3 Å². The lowest BCUT2D eigenvalue weighted by Gasteiger charge is -2.20. The molecule has 2 aromatic carbocycles.